The second-order valence-electron chi connectivity index (χ2n) is 7.82. The maximum absolute atomic E-state index is 13.9. The zero-order valence-electron chi connectivity index (χ0n) is 19.1. The Balaban J connectivity index is 1.87. The molecule has 34 heavy (non-hydrogen) atoms. The number of fused-ring (bicyclic) bond motifs is 3. The lowest BCUT2D eigenvalue weighted by Gasteiger charge is -2.31. The van der Waals surface area contributed by atoms with Crippen LogP contribution in [0.2, 0.25) is 0 Å². The number of ether oxygens (including phenoxy) is 3. The summed E-state index contributed by atoms with van der Waals surface area (Å²) in [6, 6.07) is 11.2. The molecule has 2 atom stereocenters. The van der Waals surface area contributed by atoms with Gasteiger partial charge in [0.05, 0.1) is 43.0 Å². The molecule has 2 heterocycles. The van der Waals surface area contributed by atoms with Gasteiger partial charge in [0.2, 0.25) is 5.54 Å². The number of hydrogen-bond acceptors (Lipinski definition) is 8. The summed E-state index contributed by atoms with van der Waals surface area (Å²) in [5, 5.41) is 3.04. The summed E-state index contributed by atoms with van der Waals surface area (Å²) in [5.41, 5.74) is -0.949. The van der Waals surface area contributed by atoms with Crippen molar-refractivity contribution >= 4 is 27.6 Å². The average molecular weight is 487 g/mol. The maximum atomic E-state index is 13.9. The van der Waals surface area contributed by atoms with Gasteiger partial charge in [-0.05, 0) is 55.3 Å². The minimum atomic E-state index is -4.12. The Bertz CT molecular complexity index is 1220. The molecule has 0 bridgehead atoms. The summed E-state index contributed by atoms with van der Waals surface area (Å²) >= 11 is 0. The molecule has 0 amide bonds. The number of anilines is 1. The van der Waals surface area contributed by atoms with Gasteiger partial charge in [0, 0.05) is 0 Å². The van der Waals surface area contributed by atoms with Gasteiger partial charge in [0.25, 0.3) is 10.0 Å². The monoisotopic (exact) mass is 486 g/mol. The molecule has 9 nitrogen and oxygen atoms in total. The van der Waals surface area contributed by atoms with Crippen molar-refractivity contribution in [3.05, 3.63) is 66.2 Å². The molecule has 1 N–H and O–H groups in total. The van der Waals surface area contributed by atoms with Gasteiger partial charge in [-0.3, -0.25) is 9.62 Å². The van der Waals surface area contributed by atoms with Crippen LogP contribution in [0.4, 0.5) is 5.69 Å². The predicted octanol–water partition coefficient (Wildman–Crippen LogP) is 2.34. The number of methoxy groups -OCH3 is 1. The van der Waals surface area contributed by atoms with E-state index in [4.69, 9.17) is 14.2 Å². The average Bonchev–Trinajstić information content (AvgIpc) is 3.32. The van der Waals surface area contributed by atoms with Crippen LogP contribution < -0.4 is 14.4 Å². The van der Waals surface area contributed by atoms with E-state index in [9.17, 15) is 18.0 Å². The van der Waals surface area contributed by atoms with E-state index in [1.54, 1.807) is 50.2 Å². The number of carbonyl (C=O) groups excluding carboxylic acids is 2. The Morgan fingerprint density at radius 2 is 1.62 bits per heavy atom. The molecule has 2 aromatic carbocycles. The molecule has 180 valence electrons. The fourth-order valence-corrected chi connectivity index (χ4v) is 6.22. The van der Waals surface area contributed by atoms with Gasteiger partial charge >= 0.3 is 11.9 Å². The SMILES string of the molecule is C=C1[C@H]2[C@@H](NC1(C(=O)OCC)C(=O)OCC)c1ccccc1N2S(=O)(=O)c1ccc(OC)cc1. The number of nitrogens with one attached hydrogen (secondary N) is 1. The van der Waals surface area contributed by atoms with Crippen LogP contribution >= 0.6 is 0 Å². The molecule has 2 aliphatic heterocycles. The molecular weight excluding hydrogens is 460 g/mol. The van der Waals surface area contributed by atoms with Gasteiger partial charge in [-0.15, -0.1) is 0 Å². The fraction of sp³-hybridized carbons (Fsp3) is 0.333. The number of esters is 2. The fourth-order valence-electron chi connectivity index (χ4n) is 4.54. The molecule has 0 spiro atoms. The van der Waals surface area contributed by atoms with Crippen LogP contribution in [0.1, 0.15) is 25.5 Å². The third kappa shape index (κ3) is 3.36. The highest BCUT2D eigenvalue weighted by atomic mass is 32.2. The molecule has 2 aliphatic rings. The van der Waals surface area contributed by atoms with Crippen molar-refractivity contribution in [2.75, 3.05) is 24.6 Å². The van der Waals surface area contributed by atoms with E-state index in [1.165, 1.54) is 23.5 Å². The Labute approximate surface area is 198 Å². The number of hydrogen-bond donors (Lipinski definition) is 1. The summed E-state index contributed by atoms with van der Waals surface area (Å²) in [6.07, 6.45) is 0. The van der Waals surface area contributed by atoms with Crippen molar-refractivity contribution in [1.29, 1.82) is 0 Å². The molecular formula is C24H26N2O7S. The van der Waals surface area contributed by atoms with Crippen molar-refractivity contribution in [3.63, 3.8) is 0 Å². The Morgan fingerprint density at radius 1 is 1.03 bits per heavy atom. The van der Waals surface area contributed by atoms with E-state index in [0.29, 0.717) is 17.0 Å². The Kier molecular flexibility index (Phi) is 6.13. The molecule has 0 saturated carbocycles. The van der Waals surface area contributed by atoms with Gasteiger partial charge in [-0.25, -0.2) is 18.0 Å². The number of para-hydroxylation sites is 1. The number of rotatable bonds is 7. The molecule has 2 aromatic rings. The summed E-state index contributed by atoms with van der Waals surface area (Å²) in [6.45, 7) is 7.31. The van der Waals surface area contributed by atoms with E-state index in [-0.39, 0.29) is 23.7 Å². The first-order valence-corrected chi connectivity index (χ1v) is 12.3. The van der Waals surface area contributed by atoms with Crippen molar-refractivity contribution in [2.45, 2.75) is 36.4 Å². The molecule has 0 aromatic heterocycles. The number of benzene rings is 2. The quantitative estimate of drug-likeness (QED) is 0.361. The lowest BCUT2D eigenvalue weighted by Crippen LogP contribution is -2.58. The highest BCUT2D eigenvalue weighted by Crippen LogP contribution is 2.52. The largest absolute Gasteiger partial charge is 0.497 e. The van der Waals surface area contributed by atoms with Crippen LogP contribution in [0, 0.1) is 0 Å². The van der Waals surface area contributed by atoms with Crippen molar-refractivity contribution in [2.24, 2.45) is 0 Å². The van der Waals surface area contributed by atoms with Crippen molar-refractivity contribution in [1.82, 2.24) is 5.32 Å². The summed E-state index contributed by atoms with van der Waals surface area (Å²) in [5.74, 6) is -1.26. The van der Waals surface area contributed by atoms with Crippen LogP contribution in [0.5, 0.6) is 5.75 Å². The lowest BCUT2D eigenvalue weighted by molar-refractivity contribution is -0.163. The van der Waals surface area contributed by atoms with Crippen LogP contribution in [-0.4, -0.2) is 52.3 Å². The zero-order valence-corrected chi connectivity index (χ0v) is 19.9. The van der Waals surface area contributed by atoms with Gasteiger partial charge in [0.1, 0.15) is 5.75 Å². The first kappa shape index (κ1) is 23.8. The Morgan fingerprint density at radius 3 is 2.18 bits per heavy atom. The molecule has 0 aliphatic carbocycles. The van der Waals surface area contributed by atoms with Crippen molar-refractivity contribution < 1.29 is 32.2 Å². The second-order valence-corrected chi connectivity index (χ2v) is 9.63. The minimum absolute atomic E-state index is 0.0225. The third-order valence-corrected chi connectivity index (χ3v) is 7.88. The predicted molar refractivity (Wildman–Crippen MR) is 124 cm³/mol. The normalized spacial score (nSPS) is 20.4. The standard InChI is InChI=1S/C24H26N2O7S/c1-5-32-22(27)24(23(28)33-6-2)15(3)21-20(25-24)18-9-7-8-10-19(18)26(21)34(29,30)17-13-11-16(31-4)12-14-17/h7-14,20-21,25H,3,5-6H2,1-2,4H3/t20-,21-/m0/s1. The second kappa shape index (κ2) is 8.77. The molecule has 1 fully saturated rings. The summed E-state index contributed by atoms with van der Waals surface area (Å²) in [4.78, 5) is 26.2. The summed E-state index contributed by atoms with van der Waals surface area (Å²) in [7, 11) is -2.63. The maximum Gasteiger partial charge on any atom is 0.342 e. The van der Waals surface area contributed by atoms with Gasteiger partial charge in [-0.2, -0.15) is 0 Å². The highest BCUT2D eigenvalue weighted by Gasteiger charge is 2.65. The third-order valence-electron chi connectivity index (χ3n) is 6.07. The molecule has 4 rings (SSSR count). The van der Waals surface area contributed by atoms with E-state index >= 15 is 0 Å². The molecule has 1 saturated heterocycles. The topological polar surface area (TPSA) is 111 Å². The van der Waals surface area contributed by atoms with Crippen LogP contribution in [0.3, 0.4) is 0 Å². The smallest absolute Gasteiger partial charge is 0.342 e. The Hall–Kier alpha value is -3.37. The molecule has 0 radical (unpaired) electrons. The van der Waals surface area contributed by atoms with E-state index < -0.39 is 39.6 Å². The first-order valence-electron chi connectivity index (χ1n) is 10.8. The van der Waals surface area contributed by atoms with E-state index in [0.717, 1.165) is 0 Å². The first-order chi connectivity index (χ1) is 16.2. The summed E-state index contributed by atoms with van der Waals surface area (Å²) < 4.78 is 44.5. The van der Waals surface area contributed by atoms with Gasteiger partial charge < -0.3 is 14.2 Å². The number of carbonyl (C=O) groups is 2. The number of nitrogens with zero attached hydrogens (tertiary/aromatic N) is 1. The minimum Gasteiger partial charge on any atom is -0.497 e. The van der Waals surface area contributed by atoms with Crippen LogP contribution in [0.15, 0.2) is 65.6 Å². The van der Waals surface area contributed by atoms with Crippen LogP contribution in [-0.2, 0) is 29.1 Å². The van der Waals surface area contributed by atoms with Crippen LogP contribution in [0.25, 0.3) is 0 Å². The zero-order chi connectivity index (χ0) is 24.7. The lowest BCUT2D eigenvalue weighted by atomic mass is 9.90. The van der Waals surface area contributed by atoms with E-state index in [2.05, 4.69) is 11.9 Å². The highest BCUT2D eigenvalue weighted by molar-refractivity contribution is 7.93. The van der Waals surface area contributed by atoms with Gasteiger partial charge in [0.15, 0.2) is 0 Å². The molecule has 10 heteroatoms. The molecule has 0 unspecified atom stereocenters. The van der Waals surface area contributed by atoms with Crippen molar-refractivity contribution in [3.8, 4) is 5.75 Å². The van der Waals surface area contributed by atoms with E-state index in [1.807, 2.05) is 0 Å². The van der Waals surface area contributed by atoms with Gasteiger partial charge in [-0.1, -0.05) is 24.8 Å². The number of sulfonamides is 1.